The fourth-order valence-corrected chi connectivity index (χ4v) is 4.62. The van der Waals surface area contributed by atoms with Gasteiger partial charge in [0.25, 0.3) is 0 Å². The maximum Gasteiger partial charge on any atom is 0.416 e. The van der Waals surface area contributed by atoms with Gasteiger partial charge in [-0.3, -0.25) is 9.80 Å². The van der Waals surface area contributed by atoms with Gasteiger partial charge in [-0.1, -0.05) is 18.2 Å². The molecule has 12 heteroatoms. The third kappa shape index (κ3) is 6.77. The van der Waals surface area contributed by atoms with E-state index in [2.05, 4.69) is 10.6 Å². The number of rotatable bonds is 6. The van der Waals surface area contributed by atoms with Crippen LogP contribution in [0.25, 0.3) is 0 Å². The summed E-state index contributed by atoms with van der Waals surface area (Å²) in [6.07, 6.45) is -4.69. The SMILES string of the molecule is CCOC(=O)C1=C(CN2CCN(C(=O)NC(C)(C)C)CC2)N(CC)C(=O)NC1c1ccccc1C(F)(F)F. The molecule has 9 nitrogen and oxygen atoms in total. The average molecular weight is 540 g/mol. The van der Waals surface area contributed by atoms with Crippen molar-refractivity contribution in [2.75, 3.05) is 45.9 Å². The molecule has 1 unspecified atom stereocenters. The minimum atomic E-state index is -4.69. The molecule has 0 bridgehead atoms. The maximum atomic E-state index is 13.9. The molecule has 0 spiro atoms. The topological polar surface area (TPSA) is 94.2 Å². The summed E-state index contributed by atoms with van der Waals surface area (Å²) in [5.41, 5.74) is -1.28. The van der Waals surface area contributed by atoms with Gasteiger partial charge >= 0.3 is 24.2 Å². The Balaban J connectivity index is 1.98. The predicted octanol–water partition coefficient (Wildman–Crippen LogP) is 3.73. The van der Waals surface area contributed by atoms with E-state index in [1.165, 1.54) is 23.1 Å². The van der Waals surface area contributed by atoms with Crippen LogP contribution in [-0.2, 0) is 15.7 Å². The van der Waals surface area contributed by atoms with Crippen molar-refractivity contribution >= 4 is 18.0 Å². The Morgan fingerprint density at radius 1 is 1.08 bits per heavy atom. The molecule has 1 atom stereocenters. The fraction of sp³-hybridized carbons (Fsp3) is 0.577. The lowest BCUT2D eigenvalue weighted by Crippen LogP contribution is -2.56. The van der Waals surface area contributed by atoms with E-state index in [9.17, 15) is 27.6 Å². The van der Waals surface area contributed by atoms with Crippen molar-refractivity contribution in [3.8, 4) is 0 Å². The molecule has 1 aromatic rings. The molecule has 2 aliphatic heterocycles. The van der Waals surface area contributed by atoms with Gasteiger partial charge in [0.2, 0.25) is 0 Å². The van der Waals surface area contributed by atoms with E-state index < -0.39 is 29.8 Å². The number of hydrogen-bond donors (Lipinski definition) is 2. The number of likely N-dealkylation sites (N-methyl/N-ethyl adjacent to an activating group) is 1. The lowest BCUT2D eigenvalue weighted by molar-refractivity contribution is -0.141. The highest BCUT2D eigenvalue weighted by Crippen LogP contribution is 2.39. The van der Waals surface area contributed by atoms with Crippen LogP contribution in [0.1, 0.15) is 51.8 Å². The molecule has 4 amide bonds. The van der Waals surface area contributed by atoms with Gasteiger partial charge in [0.15, 0.2) is 0 Å². The van der Waals surface area contributed by atoms with Gasteiger partial charge in [0.05, 0.1) is 23.8 Å². The van der Waals surface area contributed by atoms with Crippen molar-refractivity contribution in [3.63, 3.8) is 0 Å². The highest BCUT2D eigenvalue weighted by molar-refractivity contribution is 5.95. The van der Waals surface area contributed by atoms with Gasteiger partial charge in [-0.05, 0) is 46.2 Å². The van der Waals surface area contributed by atoms with E-state index in [4.69, 9.17) is 4.74 Å². The molecule has 0 aliphatic carbocycles. The number of amides is 4. The normalized spacial score (nSPS) is 19.4. The number of hydrogen-bond acceptors (Lipinski definition) is 5. The van der Waals surface area contributed by atoms with Gasteiger partial charge in [-0.15, -0.1) is 0 Å². The molecule has 1 saturated heterocycles. The number of piperazine rings is 1. The summed E-state index contributed by atoms with van der Waals surface area (Å²) in [5.74, 6) is -0.786. The number of urea groups is 2. The summed E-state index contributed by atoms with van der Waals surface area (Å²) in [4.78, 5) is 43.9. The summed E-state index contributed by atoms with van der Waals surface area (Å²) in [6, 6.07) is 2.78. The van der Waals surface area contributed by atoms with Crippen LogP contribution in [0, 0.1) is 0 Å². The number of alkyl halides is 3. The fourth-order valence-electron chi connectivity index (χ4n) is 4.62. The van der Waals surface area contributed by atoms with Gasteiger partial charge in [0, 0.05) is 50.5 Å². The summed E-state index contributed by atoms with van der Waals surface area (Å²) in [5, 5.41) is 5.52. The quantitative estimate of drug-likeness (QED) is 0.538. The number of ether oxygens (including phenoxy) is 1. The Hall–Kier alpha value is -3.28. The Labute approximate surface area is 221 Å². The van der Waals surface area contributed by atoms with E-state index >= 15 is 0 Å². The standard InChI is InChI=1S/C26H36F3N5O4/c1-6-34-19(16-32-12-14-33(15-13-32)24(37)31-25(3,4)5)20(22(35)38-7-2)21(30-23(34)36)17-10-8-9-11-18(17)26(27,28)29/h8-11,21H,6-7,12-16H2,1-5H3,(H,30,36)(H,31,37). The largest absolute Gasteiger partial charge is 0.463 e. The maximum absolute atomic E-state index is 13.9. The predicted molar refractivity (Wildman–Crippen MR) is 135 cm³/mol. The first-order valence-electron chi connectivity index (χ1n) is 12.7. The summed E-state index contributed by atoms with van der Waals surface area (Å²) in [7, 11) is 0. The van der Waals surface area contributed by atoms with Crippen molar-refractivity contribution < 1.29 is 32.3 Å². The van der Waals surface area contributed by atoms with E-state index in [1.54, 1.807) is 18.7 Å². The Bertz CT molecular complexity index is 1080. The lowest BCUT2D eigenvalue weighted by atomic mass is 9.90. The molecule has 2 aliphatic rings. The zero-order valence-corrected chi connectivity index (χ0v) is 22.4. The number of nitrogens with one attached hydrogen (secondary N) is 2. The smallest absolute Gasteiger partial charge is 0.416 e. The van der Waals surface area contributed by atoms with Crippen LogP contribution in [0.3, 0.4) is 0 Å². The number of benzene rings is 1. The molecular weight excluding hydrogens is 503 g/mol. The number of carbonyl (C=O) groups excluding carboxylic acids is 3. The first-order chi connectivity index (χ1) is 17.8. The van der Waals surface area contributed by atoms with Crippen LogP contribution >= 0.6 is 0 Å². The average Bonchev–Trinajstić information content (AvgIpc) is 2.83. The van der Waals surface area contributed by atoms with Crippen LogP contribution in [0.2, 0.25) is 0 Å². The van der Waals surface area contributed by atoms with Crippen LogP contribution in [0.5, 0.6) is 0 Å². The molecule has 1 fully saturated rings. The van der Waals surface area contributed by atoms with E-state index in [-0.39, 0.29) is 42.4 Å². The molecule has 0 saturated carbocycles. The van der Waals surface area contributed by atoms with Crippen LogP contribution < -0.4 is 10.6 Å². The van der Waals surface area contributed by atoms with E-state index in [0.717, 1.165) is 6.07 Å². The first-order valence-corrected chi connectivity index (χ1v) is 12.7. The summed E-state index contributed by atoms with van der Waals surface area (Å²) < 4.78 is 46.9. The minimum Gasteiger partial charge on any atom is -0.463 e. The number of esters is 1. The Morgan fingerprint density at radius 2 is 1.71 bits per heavy atom. The molecule has 2 heterocycles. The monoisotopic (exact) mass is 539 g/mol. The van der Waals surface area contributed by atoms with Crippen molar-refractivity contribution in [2.45, 2.75) is 52.4 Å². The molecule has 0 radical (unpaired) electrons. The number of nitrogens with zero attached hydrogens (tertiary/aromatic N) is 3. The lowest BCUT2D eigenvalue weighted by Gasteiger charge is -2.41. The van der Waals surface area contributed by atoms with Crippen molar-refractivity contribution in [1.82, 2.24) is 25.3 Å². The van der Waals surface area contributed by atoms with Crippen molar-refractivity contribution in [2.24, 2.45) is 0 Å². The molecule has 210 valence electrons. The number of halogens is 3. The van der Waals surface area contributed by atoms with Crippen LogP contribution in [0.15, 0.2) is 35.5 Å². The van der Waals surface area contributed by atoms with Gasteiger partial charge < -0.3 is 20.3 Å². The molecule has 3 rings (SSSR count). The summed E-state index contributed by atoms with van der Waals surface area (Å²) in [6.45, 7) is 11.1. The Morgan fingerprint density at radius 3 is 2.26 bits per heavy atom. The first kappa shape index (κ1) is 29.3. The number of carbonyl (C=O) groups is 3. The second kappa shape index (κ2) is 11.6. The van der Waals surface area contributed by atoms with E-state index in [0.29, 0.717) is 31.9 Å². The molecule has 1 aromatic carbocycles. The van der Waals surface area contributed by atoms with Crippen molar-refractivity contribution in [3.05, 3.63) is 46.7 Å². The zero-order chi connectivity index (χ0) is 28.3. The van der Waals surface area contributed by atoms with Gasteiger partial charge in [0.1, 0.15) is 0 Å². The highest BCUT2D eigenvalue weighted by Gasteiger charge is 2.43. The summed E-state index contributed by atoms with van der Waals surface area (Å²) >= 11 is 0. The van der Waals surface area contributed by atoms with Crippen LogP contribution in [-0.4, -0.2) is 84.1 Å². The molecule has 0 aromatic heterocycles. The van der Waals surface area contributed by atoms with Crippen LogP contribution in [0.4, 0.5) is 22.8 Å². The van der Waals surface area contributed by atoms with Crippen molar-refractivity contribution in [1.29, 1.82) is 0 Å². The highest BCUT2D eigenvalue weighted by atomic mass is 19.4. The van der Waals surface area contributed by atoms with Gasteiger partial charge in [-0.2, -0.15) is 13.2 Å². The third-order valence-electron chi connectivity index (χ3n) is 6.34. The molecule has 2 N–H and O–H groups in total. The Kier molecular flexibility index (Phi) is 8.96. The second-order valence-electron chi connectivity index (χ2n) is 10.2. The zero-order valence-electron chi connectivity index (χ0n) is 22.4. The molecular formula is C26H36F3N5O4. The third-order valence-corrected chi connectivity index (χ3v) is 6.34. The molecule has 38 heavy (non-hydrogen) atoms. The van der Waals surface area contributed by atoms with Gasteiger partial charge in [-0.25, -0.2) is 14.4 Å². The van der Waals surface area contributed by atoms with E-state index in [1.807, 2.05) is 25.7 Å². The second-order valence-corrected chi connectivity index (χ2v) is 10.2. The minimum absolute atomic E-state index is 0.0187.